The summed E-state index contributed by atoms with van der Waals surface area (Å²) in [7, 11) is 0. The van der Waals surface area contributed by atoms with Crippen LogP contribution in [0.1, 0.15) is 40.5 Å². The van der Waals surface area contributed by atoms with Crippen molar-refractivity contribution < 1.29 is 4.79 Å². The number of carbonyl (C=O) groups is 1. The van der Waals surface area contributed by atoms with Crippen LogP contribution in [0.15, 0.2) is 0 Å². The van der Waals surface area contributed by atoms with E-state index in [1.807, 2.05) is 13.8 Å². The van der Waals surface area contributed by atoms with Crippen LogP contribution in [0.25, 0.3) is 0 Å². The molecule has 0 amide bonds. The number of Topliss-reactive ketones (excluding diaryl/α,β-unsaturated/α-hetero) is 1. The van der Waals surface area contributed by atoms with Gasteiger partial charge in [0.15, 0.2) is 0 Å². The Kier molecular flexibility index (Phi) is 5.96. The van der Waals surface area contributed by atoms with E-state index in [0.29, 0.717) is 12.3 Å². The maximum atomic E-state index is 11.5. The molecule has 14 heavy (non-hydrogen) atoms. The predicted octanol–water partition coefficient (Wildman–Crippen LogP) is 1.30. The number of hydrogen-bond acceptors (Lipinski definition) is 3. The minimum absolute atomic E-state index is 0.110. The van der Waals surface area contributed by atoms with Gasteiger partial charge in [0.2, 0.25) is 0 Å². The highest BCUT2D eigenvalue weighted by Crippen LogP contribution is 2.09. The van der Waals surface area contributed by atoms with E-state index in [1.54, 1.807) is 0 Å². The normalized spacial score (nSPS) is 16.0. The lowest BCUT2D eigenvalue weighted by molar-refractivity contribution is -0.121. The zero-order chi connectivity index (χ0) is 11.3. The van der Waals surface area contributed by atoms with Gasteiger partial charge in [-0.3, -0.25) is 4.79 Å². The van der Waals surface area contributed by atoms with Crippen molar-refractivity contribution in [2.75, 3.05) is 0 Å². The molecule has 0 aromatic heterocycles. The van der Waals surface area contributed by atoms with E-state index in [1.165, 1.54) is 0 Å². The highest BCUT2D eigenvalue weighted by molar-refractivity contribution is 5.83. The topological polar surface area (TPSA) is 69.1 Å². The first-order valence-electron chi connectivity index (χ1n) is 5.40. The fourth-order valence-corrected chi connectivity index (χ4v) is 1.18. The van der Waals surface area contributed by atoms with Crippen molar-refractivity contribution in [2.45, 2.75) is 52.6 Å². The fraction of sp³-hybridized carbons (Fsp3) is 0.909. The van der Waals surface area contributed by atoms with Crippen LogP contribution in [-0.4, -0.2) is 17.9 Å². The molecule has 3 heteroatoms. The molecule has 0 aromatic rings. The summed E-state index contributed by atoms with van der Waals surface area (Å²) in [6.07, 6.45) is 1.26. The average molecular weight is 200 g/mol. The molecule has 84 valence electrons. The smallest absolute Gasteiger partial charge is 0.149 e. The molecule has 0 aromatic carbocycles. The molecular formula is C11H24N2O. The van der Waals surface area contributed by atoms with Gasteiger partial charge >= 0.3 is 0 Å². The van der Waals surface area contributed by atoms with Gasteiger partial charge in [-0.15, -0.1) is 0 Å². The molecular weight excluding hydrogens is 176 g/mol. The summed E-state index contributed by atoms with van der Waals surface area (Å²) in [5, 5.41) is 0. The van der Waals surface area contributed by atoms with Gasteiger partial charge in [-0.05, 0) is 18.3 Å². The van der Waals surface area contributed by atoms with Crippen LogP contribution in [0.4, 0.5) is 0 Å². The number of nitrogens with two attached hydrogens (primary N) is 2. The first-order chi connectivity index (χ1) is 6.36. The summed E-state index contributed by atoms with van der Waals surface area (Å²) >= 11 is 0. The second-order valence-electron chi connectivity index (χ2n) is 4.68. The Labute approximate surface area is 87.2 Å². The fourth-order valence-electron chi connectivity index (χ4n) is 1.18. The Morgan fingerprint density at radius 2 is 1.57 bits per heavy atom. The molecule has 0 saturated carbocycles. The third-order valence-corrected chi connectivity index (χ3v) is 2.67. The quantitative estimate of drug-likeness (QED) is 0.679. The lowest BCUT2D eigenvalue weighted by Gasteiger charge is -2.18. The van der Waals surface area contributed by atoms with Gasteiger partial charge < -0.3 is 11.5 Å². The van der Waals surface area contributed by atoms with E-state index in [2.05, 4.69) is 13.8 Å². The Hall–Kier alpha value is -0.410. The summed E-state index contributed by atoms with van der Waals surface area (Å²) in [6, 6.07) is -0.215. The van der Waals surface area contributed by atoms with Gasteiger partial charge in [0.05, 0.1) is 6.04 Å². The molecule has 4 N–H and O–H groups in total. The third kappa shape index (κ3) is 4.72. The largest absolute Gasteiger partial charge is 0.327 e. The van der Waals surface area contributed by atoms with Crippen LogP contribution >= 0.6 is 0 Å². The summed E-state index contributed by atoms with van der Waals surface area (Å²) < 4.78 is 0. The monoisotopic (exact) mass is 200 g/mol. The van der Waals surface area contributed by atoms with E-state index < -0.39 is 0 Å². The lowest BCUT2D eigenvalue weighted by atomic mass is 9.94. The van der Waals surface area contributed by atoms with E-state index in [9.17, 15) is 4.79 Å². The molecule has 1 unspecified atom stereocenters. The highest BCUT2D eigenvalue weighted by atomic mass is 16.1. The standard InChI is InChI=1S/C11H24N2O/c1-7(2)9(12)5-6-10(14)11(13)8(3)4/h7-9,11H,5-6,12-13H2,1-4H3/t9?,11-/m0/s1. The zero-order valence-corrected chi connectivity index (χ0v) is 9.79. The summed E-state index contributed by atoms with van der Waals surface area (Å²) in [4.78, 5) is 11.5. The maximum absolute atomic E-state index is 11.5. The number of hydrogen-bond donors (Lipinski definition) is 2. The molecule has 0 rings (SSSR count). The molecule has 0 radical (unpaired) electrons. The van der Waals surface area contributed by atoms with Crippen molar-refractivity contribution in [3.8, 4) is 0 Å². The summed E-state index contributed by atoms with van der Waals surface area (Å²) in [5.74, 6) is 0.784. The van der Waals surface area contributed by atoms with Gasteiger partial charge in [0.1, 0.15) is 5.78 Å². The molecule has 0 aliphatic heterocycles. The Bertz CT molecular complexity index is 178. The minimum Gasteiger partial charge on any atom is -0.327 e. The Morgan fingerprint density at radius 1 is 1.07 bits per heavy atom. The van der Waals surface area contributed by atoms with Gasteiger partial charge in [0, 0.05) is 12.5 Å². The van der Waals surface area contributed by atoms with Crippen molar-refractivity contribution in [2.24, 2.45) is 23.3 Å². The van der Waals surface area contributed by atoms with E-state index in [-0.39, 0.29) is 23.8 Å². The van der Waals surface area contributed by atoms with Crippen molar-refractivity contribution in [3.63, 3.8) is 0 Å². The van der Waals surface area contributed by atoms with Crippen molar-refractivity contribution in [1.82, 2.24) is 0 Å². The molecule has 2 atom stereocenters. The van der Waals surface area contributed by atoms with E-state index >= 15 is 0 Å². The highest BCUT2D eigenvalue weighted by Gasteiger charge is 2.18. The van der Waals surface area contributed by atoms with E-state index in [0.717, 1.165) is 6.42 Å². The van der Waals surface area contributed by atoms with Gasteiger partial charge in [-0.25, -0.2) is 0 Å². The van der Waals surface area contributed by atoms with Crippen LogP contribution in [-0.2, 0) is 4.79 Å². The molecule has 0 saturated heterocycles. The minimum atomic E-state index is -0.325. The number of ketones is 1. The first kappa shape index (κ1) is 13.6. The molecule has 0 spiro atoms. The van der Waals surface area contributed by atoms with Crippen LogP contribution in [0.3, 0.4) is 0 Å². The van der Waals surface area contributed by atoms with Crippen molar-refractivity contribution in [1.29, 1.82) is 0 Å². The maximum Gasteiger partial charge on any atom is 0.149 e. The second kappa shape index (κ2) is 6.14. The average Bonchev–Trinajstić information content (AvgIpc) is 2.11. The summed E-state index contributed by atoms with van der Waals surface area (Å²) in [5.41, 5.74) is 11.6. The SMILES string of the molecule is CC(C)C(N)CCC(=O)[C@@H](N)C(C)C. The molecule has 0 aliphatic carbocycles. The Morgan fingerprint density at radius 3 is 1.93 bits per heavy atom. The van der Waals surface area contributed by atoms with Gasteiger partial charge in [-0.1, -0.05) is 27.7 Å². The molecule has 3 nitrogen and oxygen atoms in total. The first-order valence-corrected chi connectivity index (χ1v) is 5.40. The molecule has 0 bridgehead atoms. The zero-order valence-electron chi connectivity index (χ0n) is 9.79. The van der Waals surface area contributed by atoms with Crippen LogP contribution in [0.5, 0.6) is 0 Å². The van der Waals surface area contributed by atoms with Crippen LogP contribution < -0.4 is 11.5 Å². The summed E-state index contributed by atoms with van der Waals surface area (Å²) in [6.45, 7) is 8.06. The predicted molar refractivity (Wildman–Crippen MR) is 59.9 cm³/mol. The second-order valence-corrected chi connectivity index (χ2v) is 4.68. The lowest BCUT2D eigenvalue weighted by Crippen LogP contribution is -2.37. The molecule has 0 fully saturated rings. The van der Waals surface area contributed by atoms with Gasteiger partial charge in [-0.2, -0.15) is 0 Å². The van der Waals surface area contributed by atoms with Crippen LogP contribution in [0.2, 0.25) is 0 Å². The van der Waals surface area contributed by atoms with E-state index in [4.69, 9.17) is 11.5 Å². The van der Waals surface area contributed by atoms with Crippen molar-refractivity contribution in [3.05, 3.63) is 0 Å². The van der Waals surface area contributed by atoms with Crippen molar-refractivity contribution >= 4 is 5.78 Å². The molecule has 0 heterocycles. The third-order valence-electron chi connectivity index (χ3n) is 2.67. The molecule has 0 aliphatic rings. The number of carbonyl (C=O) groups excluding carboxylic acids is 1. The van der Waals surface area contributed by atoms with Gasteiger partial charge in [0.25, 0.3) is 0 Å². The Balaban J connectivity index is 3.85. The van der Waals surface area contributed by atoms with Crippen LogP contribution in [0, 0.1) is 11.8 Å². The number of rotatable bonds is 6.